The van der Waals surface area contributed by atoms with E-state index in [0.717, 1.165) is 19.3 Å². The maximum atomic E-state index is 12.4. The van der Waals surface area contributed by atoms with Gasteiger partial charge >= 0.3 is 0 Å². The second kappa shape index (κ2) is 6.77. The molecule has 3 N–H and O–H groups in total. The van der Waals surface area contributed by atoms with Gasteiger partial charge in [0.15, 0.2) is 0 Å². The number of halogens is 1. The van der Waals surface area contributed by atoms with Gasteiger partial charge in [-0.3, -0.25) is 4.79 Å². The highest BCUT2D eigenvalue weighted by atomic mass is 35.5. The van der Waals surface area contributed by atoms with Crippen LogP contribution in [0.5, 0.6) is 0 Å². The Morgan fingerprint density at radius 3 is 2.19 bits per heavy atom. The molecular weight excluding hydrogens is 312 g/mol. The van der Waals surface area contributed by atoms with Crippen molar-refractivity contribution in [1.82, 2.24) is 5.32 Å². The summed E-state index contributed by atoms with van der Waals surface area (Å²) < 4.78 is 22.8. The van der Waals surface area contributed by atoms with Crippen LogP contribution in [0.25, 0.3) is 0 Å². The van der Waals surface area contributed by atoms with E-state index in [-0.39, 0.29) is 21.0 Å². The number of primary sulfonamides is 1. The van der Waals surface area contributed by atoms with E-state index in [1.807, 2.05) is 20.8 Å². The van der Waals surface area contributed by atoms with E-state index >= 15 is 0 Å². The van der Waals surface area contributed by atoms with Gasteiger partial charge in [-0.15, -0.1) is 0 Å². The molecule has 1 aromatic rings. The Labute approximate surface area is 130 Å². The molecule has 0 heterocycles. The van der Waals surface area contributed by atoms with E-state index in [2.05, 4.69) is 5.32 Å². The number of carbonyl (C=O) groups excluding carboxylic acids is 1. The molecule has 0 bridgehead atoms. The minimum Gasteiger partial charge on any atom is -0.347 e. The fourth-order valence-electron chi connectivity index (χ4n) is 2.18. The van der Waals surface area contributed by atoms with Crippen LogP contribution in [0.1, 0.15) is 50.4 Å². The van der Waals surface area contributed by atoms with Gasteiger partial charge in [-0.2, -0.15) is 0 Å². The number of hydrogen-bond donors (Lipinski definition) is 2. The zero-order valence-electron chi connectivity index (χ0n) is 12.4. The summed E-state index contributed by atoms with van der Waals surface area (Å²) in [6.45, 7) is 5.99. The second-order valence-electron chi connectivity index (χ2n) is 4.98. The van der Waals surface area contributed by atoms with Crippen molar-refractivity contribution in [3.63, 3.8) is 0 Å². The standard InChI is InChI=1S/C14H21ClN2O3S/c1-4-14(5-2,6-3)17-13(18)11-9-10(21(16,19)20)7-8-12(11)15/h7-9H,4-6H2,1-3H3,(H,17,18)(H2,16,19,20). The van der Waals surface area contributed by atoms with Gasteiger partial charge in [-0.1, -0.05) is 32.4 Å². The SMILES string of the molecule is CCC(CC)(CC)NC(=O)c1cc(S(N)(=O)=O)ccc1Cl. The number of amides is 1. The molecule has 0 saturated carbocycles. The Kier molecular flexibility index (Phi) is 5.78. The molecule has 0 aliphatic rings. The van der Waals surface area contributed by atoms with E-state index in [0.29, 0.717) is 0 Å². The van der Waals surface area contributed by atoms with Gasteiger partial charge in [0.1, 0.15) is 0 Å². The third-order valence-corrected chi connectivity index (χ3v) is 5.16. The van der Waals surface area contributed by atoms with Crippen LogP contribution in [-0.4, -0.2) is 19.9 Å². The van der Waals surface area contributed by atoms with Gasteiger partial charge < -0.3 is 5.32 Å². The molecule has 7 heteroatoms. The highest BCUT2D eigenvalue weighted by Gasteiger charge is 2.27. The van der Waals surface area contributed by atoms with Crippen LogP contribution in [0, 0.1) is 0 Å². The molecule has 0 unspecified atom stereocenters. The summed E-state index contributed by atoms with van der Waals surface area (Å²) in [6.07, 6.45) is 2.33. The van der Waals surface area contributed by atoms with E-state index in [1.165, 1.54) is 18.2 Å². The molecule has 1 amide bonds. The molecule has 0 spiro atoms. The first-order valence-corrected chi connectivity index (χ1v) is 8.76. The Morgan fingerprint density at radius 2 is 1.76 bits per heavy atom. The lowest BCUT2D eigenvalue weighted by Gasteiger charge is -2.32. The fourth-order valence-corrected chi connectivity index (χ4v) is 2.92. The van der Waals surface area contributed by atoms with E-state index in [1.54, 1.807) is 0 Å². The monoisotopic (exact) mass is 332 g/mol. The van der Waals surface area contributed by atoms with Crippen LogP contribution >= 0.6 is 11.6 Å². The van der Waals surface area contributed by atoms with Crippen LogP contribution in [0.3, 0.4) is 0 Å². The highest BCUT2D eigenvalue weighted by molar-refractivity contribution is 7.89. The van der Waals surface area contributed by atoms with Gasteiger partial charge in [0.2, 0.25) is 10.0 Å². The summed E-state index contributed by atoms with van der Waals surface area (Å²) in [7, 11) is -3.87. The lowest BCUT2D eigenvalue weighted by molar-refractivity contribution is 0.0888. The molecule has 118 valence electrons. The quantitative estimate of drug-likeness (QED) is 0.839. The molecule has 1 aromatic carbocycles. The molecule has 0 aliphatic heterocycles. The predicted octanol–water partition coefficient (Wildman–Crippen LogP) is 2.69. The Balaban J connectivity index is 3.19. The minimum absolute atomic E-state index is 0.114. The van der Waals surface area contributed by atoms with Crippen molar-refractivity contribution in [2.24, 2.45) is 5.14 Å². The third kappa shape index (κ3) is 4.18. The Morgan fingerprint density at radius 1 is 1.24 bits per heavy atom. The zero-order valence-corrected chi connectivity index (χ0v) is 14.0. The molecule has 0 aromatic heterocycles. The van der Waals surface area contributed by atoms with Gasteiger partial charge in [0.25, 0.3) is 5.91 Å². The number of carbonyl (C=O) groups is 1. The van der Waals surface area contributed by atoms with Crippen molar-refractivity contribution >= 4 is 27.5 Å². The number of benzene rings is 1. The van der Waals surface area contributed by atoms with Crippen molar-refractivity contribution < 1.29 is 13.2 Å². The number of sulfonamides is 1. The molecule has 0 fully saturated rings. The van der Waals surface area contributed by atoms with Gasteiger partial charge in [0, 0.05) is 5.54 Å². The number of rotatable bonds is 6. The van der Waals surface area contributed by atoms with E-state index < -0.39 is 15.9 Å². The molecule has 0 aliphatic carbocycles. The maximum Gasteiger partial charge on any atom is 0.253 e. The van der Waals surface area contributed by atoms with Crippen LogP contribution < -0.4 is 10.5 Å². The fraction of sp³-hybridized carbons (Fsp3) is 0.500. The van der Waals surface area contributed by atoms with E-state index in [9.17, 15) is 13.2 Å². The summed E-state index contributed by atoms with van der Waals surface area (Å²) in [5, 5.41) is 8.23. The zero-order chi connectivity index (χ0) is 16.3. The van der Waals surface area contributed by atoms with Crippen LogP contribution in [-0.2, 0) is 10.0 Å². The summed E-state index contributed by atoms with van der Waals surface area (Å²) >= 11 is 6.00. The first-order chi connectivity index (χ1) is 9.69. The van der Waals surface area contributed by atoms with Gasteiger partial charge in [-0.25, -0.2) is 13.6 Å². The van der Waals surface area contributed by atoms with Gasteiger partial charge in [0.05, 0.1) is 15.5 Å². The molecule has 1 rings (SSSR count). The minimum atomic E-state index is -3.87. The highest BCUT2D eigenvalue weighted by Crippen LogP contribution is 2.24. The van der Waals surface area contributed by atoms with Crippen molar-refractivity contribution in [2.75, 3.05) is 0 Å². The van der Waals surface area contributed by atoms with E-state index in [4.69, 9.17) is 16.7 Å². The molecule has 0 atom stereocenters. The van der Waals surface area contributed by atoms with Gasteiger partial charge in [-0.05, 0) is 37.5 Å². The lowest BCUT2D eigenvalue weighted by atomic mass is 9.89. The normalized spacial score (nSPS) is 12.2. The lowest BCUT2D eigenvalue weighted by Crippen LogP contribution is -2.47. The van der Waals surface area contributed by atoms with Crippen molar-refractivity contribution in [2.45, 2.75) is 50.5 Å². The number of nitrogens with two attached hydrogens (primary N) is 1. The Hall–Kier alpha value is -1.11. The summed E-state index contributed by atoms with van der Waals surface area (Å²) in [4.78, 5) is 12.3. The average molecular weight is 333 g/mol. The summed E-state index contributed by atoms with van der Waals surface area (Å²) in [5.74, 6) is -0.393. The smallest absolute Gasteiger partial charge is 0.253 e. The first kappa shape index (κ1) is 17.9. The first-order valence-electron chi connectivity index (χ1n) is 6.84. The van der Waals surface area contributed by atoms with Crippen molar-refractivity contribution in [3.8, 4) is 0 Å². The maximum absolute atomic E-state index is 12.4. The predicted molar refractivity (Wildman–Crippen MR) is 83.9 cm³/mol. The third-order valence-electron chi connectivity index (χ3n) is 3.92. The van der Waals surface area contributed by atoms with Crippen LogP contribution in [0.4, 0.5) is 0 Å². The average Bonchev–Trinajstić information content (AvgIpc) is 2.44. The molecule has 5 nitrogen and oxygen atoms in total. The summed E-state index contributed by atoms with van der Waals surface area (Å²) in [5.41, 5.74) is -0.208. The largest absolute Gasteiger partial charge is 0.347 e. The Bertz CT molecular complexity index is 617. The van der Waals surface area contributed by atoms with Crippen molar-refractivity contribution in [3.05, 3.63) is 28.8 Å². The molecule has 0 saturated heterocycles. The molecule has 0 radical (unpaired) electrons. The van der Waals surface area contributed by atoms with Crippen molar-refractivity contribution in [1.29, 1.82) is 0 Å². The van der Waals surface area contributed by atoms with Crippen LogP contribution in [0.2, 0.25) is 5.02 Å². The number of nitrogens with one attached hydrogen (secondary N) is 1. The number of hydrogen-bond acceptors (Lipinski definition) is 3. The van der Waals surface area contributed by atoms with Crippen LogP contribution in [0.15, 0.2) is 23.1 Å². The molecule has 21 heavy (non-hydrogen) atoms. The summed E-state index contributed by atoms with van der Waals surface area (Å²) in [6, 6.07) is 3.85. The molecular formula is C14H21ClN2O3S. The topological polar surface area (TPSA) is 89.3 Å². The second-order valence-corrected chi connectivity index (χ2v) is 6.95.